The fraction of sp³-hybridized carbons (Fsp3) is 0.167. The van der Waals surface area contributed by atoms with Gasteiger partial charge < -0.3 is 10.1 Å². The van der Waals surface area contributed by atoms with E-state index in [1.807, 2.05) is 24.3 Å². The molecule has 2 aromatic rings. The molecule has 0 radical (unpaired) electrons. The van der Waals surface area contributed by atoms with Crippen molar-refractivity contribution in [3.05, 3.63) is 63.8 Å². The lowest BCUT2D eigenvalue weighted by Crippen LogP contribution is -1.98. The maximum atomic E-state index is 9.30. The number of nitriles is 1. The first kappa shape index (κ1) is 17.2. The highest BCUT2D eigenvalue weighted by atomic mass is 35.5. The maximum absolute atomic E-state index is 9.30. The van der Waals surface area contributed by atoms with Gasteiger partial charge in [0.25, 0.3) is 0 Å². The van der Waals surface area contributed by atoms with E-state index in [1.165, 1.54) is 0 Å². The number of nitrogens with zero attached hydrogens (tertiary/aromatic N) is 1. The molecule has 0 unspecified atom stereocenters. The Labute approximate surface area is 146 Å². The first-order valence-electron chi connectivity index (χ1n) is 7.19. The molecule has 23 heavy (non-hydrogen) atoms. The predicted molar refractivity (Wildman–Crippen MR) is 95.9 cm³/mol. The van der Waals surface area contributed by atoms with E-state index in [0.29, 0.717) is 28.0 Å². The van der Waals surface area contributed by atoms with Gasteiger partial charge in [-0.05, 0) is 42.3 Å². The van der Waals surface area contributed by atoms with Crippen LogP contribution < -0.4 is 10.1 Å². The normalized spacial score (nSPS) is 11.0. The summed E-state index contributed by atoms with van der Waals surface area (Å²) in [4.78, 5) is 0. The second-order valence-electron chi connectivity index (χ2n) is 4.81. The monoisotopic (exact) mass is 346 g/mol. The molecule has 0 heterocycles. The molecular formula is C18H16Cl2N2O. The summed E-state index contributed by atoms with van der Waals surface area (Å²) in [6.45, 7) is 2.75. The smallest absolute Gasteiger partial charge is 0.119 e. The number of allylic oxidation sites excluding steroid dienone is 1. The fourth-order valence-electron chi connectivity index (χ4n) is 1.89. The van der Waals surface area contributed by atoms with Crippen LogP contribution in [0.1, 0.15) is 18.9 Å². The van der Waals surface area contributed by atoms with Crippen LogP contribution in [0.4, 0.5) is 5.69 Å². The van der Waals surface area contributed by atoms with Gasteiger partial charge in [0.1, 0.15) is 17.5 Å². The Balaban J connectivity index is 2.15. The summed E-state index contributed by atoms with van der Waals surface area (Å²) in [5.74, 6) is 0.813. The molecule has 0 fully saturated rings. The van der Waals surface area contributed by atoms with Crippen LogP contribution in [-0.2, 0) is 0 Å². The Morgan fingerprint density at radius 3 is 2.61 bits per heavy atom. The quantitative estimate of drug-likeness (QED) is 0.676. The molecule has 3 nitrogen and oxygen atoms in total. The topological polar surface area (TPSA) is 45.0 Å². The number of rotatable bonds is 6. The highest BCUT2D eigenvalue weighted by molar-refractivity contribution is 6.43. The number of hydrogen-bond acceptors (Lipinski definition) is 3. The third-order valence-electron chi connectivity index (χ3n) is 3.01. The minimum absolute atomic E-state index is 0.372. The molecule has 0 saturated carbocycles. The molecule has 0 atom stereocenters. The van der Waals surface area contributed by atoms with Gasteiger partial charge in [-0.25, -0.2) is 0 Å². The van der Waals surface area contributed by atoms with Gasteiger partial charge >= 0.3 is 0 Å². The van der Waals surface area contributed by atoms with E-state index in [4.69, 9.17) is 27.9 Å². The van der Waals surface area contributed by atoms with Crippen molar-refractivity contribution in [2.45, 2.75) is 13.3 Å². The first-order valence-corrected chi connectivity index (χ1v) is 7.95. The lowest BCUT2D eigenvalue weighted by molar-refractivity contribution is 0.317. The fourth-order valence-corrected chi connectivity index (χ4v) is 2.24. The van der Waals surface area contributed by atoms with Crippen molar-refractivity contribution in [2.75, 3.05) is 11.9 Å². The molecule has 0 aliphatic heterocycles. The van der Waals surface area contributed by atoms with Gasteiger partial charge in [0.2, 0.25) is 0 Å². The van der Waals surface area contributed by atoms with E-state index in [1.54, 1.807) is 24.3 Å². The summed E-state index contributed by atoms with van der Waals surface area (Å²) in [6, 6.07) is 14.9. The molecule has 0 aliphatic rings. The number of nitrogens with one attached hydrogen (secondary N) is 1. The Morgan fingerprint density at radius 2 is 1.96 bits per heavy atom. The Hall–Kier alpha value is -2.15. The number of benzene rings is 2. The van der Waals surface area contributed by atoms with Gasteiger partial charge in [-0.1, -0.05) is 48.3 Å². The van der Waals surface area contributed by atoms with Crippen LogP contribution in [0, 0.1) is 11.3 Å². The van der Waals surface area contributed by atoms with Crippen molar-refractivity contribution >= 4 is 35.0 Å². The summed E-state index contributed by atoms with van der Waals surface area (Å²) >= 11 is 12.1. The molecule has 0 saturated heterocycles. The zero-order chi connectivity index (χ0) is 16.7. The SMILES string of the molecule is CCCOc1ccc(C=C(C#N)Nc2cccc(Cl)c2Cl)cc1. The minimum atomic E-state index is 0.372. The van der Waals surface area contributed by atoms with Crippen LogP contribution in [0.5, 0.6) is 5.75 Å². The zero-order valence-corrected chi connectivity index (χ0v) is 14.2. The molecule has 0 spiro atoms. The largest absolute Gasteiger partial charge is 0.494 e. The van der Waals surface area contributed by atoms with Crippen molar-refractivity contribution < 1.29 is 4.74 Å². The van der Waals surface area contributed by atoms with Crippen LogP contribution in [0.25, 0.3) is 6.08 Å². The van der Waals surface area contributed by atoms with Crippen molar-refractivity contribution in [2.24, 2.45) is 0 Å². The molecule has 118 valence electrons. The van der Waals surface area contributed by atoms with E-state index in [9.17, 15) is 5.26 Å². The zero-order valence-electron chi connectivity index (χ0n) is 12.6. The van der Waals surface area contributed by atoms with Gasteiger partial charge in [-0.2, -0.15) is 5.26 Å². The molecule has 0 aliphatic carbocycles. The van der Waals surface area contributed by atoms with Crippen LogP contribution in [0.2, 0.25) is 10.0 Å². The molecule has 1 N–H and O–H groups in total. The van der Waals surface area contributed by atoms with E-state index in [0.717, 1.165) is 17.7 Å². The maximum Gasteiger partial charge on any atom is 0.119 e. The average Bonchev–Trinajstić information content (AvgIpc) is 2.57. The molecule has 0 aromatic heterocycles. The standard InChI is InChI=1S/C18H16Cl2N2O/c1-2-10-23-15-8-6-13(7-9-15)11-14(12-21)22-17-5-3-4-16(19)18(17)20/h3-9,11,22H,2,10H2,1H3. The lowest BCUT2D eigenvalue weighted by Gasteiger charge is -2.08. The summed E-state index contributed by atoms with van der Waals surface area (Å²) in [7, 11) is 0. The van der Waals surface area contributed by atoms with E-state index in [2.05, 4.69) is 18.3 Å². The van der Waals surface area contributed by atoms with Crippen molar-refractivity contribution in [1.82, 2.24) is 0 Å². The lowest BCUT2D eigenvalue weighted by atomic mass is 10.2. The summed E-state index contributed by atoms with van der Waals surface area (Å²) in [6.07, 6.45) is 2.70. The van der Waals surface area contributed by atoms with Crippen LogP contribution in [-0.4, -0.2) is 6.61 Å². The van der Waals surface area contributed by atoms with Crippen molar-refractivity contribution in [3.8, 4) is 11.8 Å². The molecule has 0 bridgehead atoms. The Morgan fingerprint density at radius 1 is 1.22 bits per heavy atom. The molecular weight excluding hydrogens is 331 g/mol. The third-order valence-corrected chi connectivity index (χ3v) is 3.82. The van der Waals surface area contributed by atoms with Crippen LogP contribution in [0.3, 0.4) is 0 Å². The second-order valence-corrected chi connectivity index (χ2v) is 5.60. The van der Waals surface area contributed by atoms with Crippen LogP contribution in [0.15, 0.2) is 48.2 Å². The number of hydrogen-bond donors (Lipinski definition) is 1. The van der Waals surface area contributed by atoms with Crippen molar-refractivity contribution in [1.29, 1.82) is 5.26 Å². The van der Waals surface area contributed by atoms with E-state index >= 15 is 0 Å². The van der Waals surface area contributed by atoms with Gasteiger partial charge in [0.15, 0.2) is 0 Å². The van der Waals surface area contributed by atoms with Crippen LogP contribution >= 0.6 is 23.2 Å². The number of anilines is 1. The summed E-state index contributed by atoms with van der Waals surface area (Å²) in [5.41, 5.74) is 1.85. The Bertz CT molecular complexity index is 734. The summed E-state index contributed by atoms with van der Waals surface area (Å²) < 4.78 is 5.53. The van der Waals surface area contributed by atoms with E-state index < -0.39 is 0 Å². The van der Waals surface area contributed by atoms with Gasteiger partial charge in [0.05, 0.1) is 22.3 Å². The van der Waals surface area contributed by atoms with Gasteiger partial charge in [-0.3, -0.25) is 0 Å². The van der Waals surface area contributed by atoms with Gasteiger partial charge in [0, 0.05) is 0 Å². The molecule has 5 heteroatoms. The molecule has 2 rings (SSSR count). The first-order chi connectivity index (χ1) is 11.1. The Kier molecular flexibility index (Phi) is 6.34. The predicted octanol–water partition coefficient (Wildman–Crippen LogP) is 5.76. The minimum Gasteiger partial charge on any atom is -0.494 e. The van der Waals surface area contributed by atoms with Gasteiger partial charge in [-0.15, -0.1) is 0 Å². The average molecular weight is 347 g/mol. The molecule has 2 aromatic carbocycles. The highest BCUT2D eigenvalue weighted by Gasteiger charge is 2.06. The summed E-state index contributed by atoms with van der Waals surface area (Å²) in [5, 5.41) is 13.1. The third kappa shape index (κ3) is 4.92. The number of ether oxygens (including phenoxy) is 1. The number of halogens is 2. The highest BCUT2D eigenvalue weighted by Crippen LogP contribution is 2.30. The molecule has 0 amide bonds. The van der Waals surface area contributed by atoms with E-state index in [-0.39, 0.29) is 0 Å². The second kappa shape index (κ2) is 8.47. The van der Waals surface area contributed by atoms with Crippen molar-refractivity contribution in [3.63, 3.8) is 0 Å².